The van der Waals surface area contributed by atoms with Crippen molar-refractivity contribution in [2.24, 2.45) is 0 Å². The summed E-state index contributed by atoms with van der Waals surface area (Å²) < 4.78 is 10.8. The Labute approximate surface area is 99.5 Å². The summed E-state index contributed by atoms with van der Waals surface area (Å²) in [6, 6.07) is 12.1. The molecule has 1 aromatic heterocycles. The minimum atomic E-state index is 0.224. The molecule has 1 heterocycles. The molecule has 0 spiro atoms. The average molecular weight is 231 g/mol. The zero-order chi connectivity index (χ0) is 11.9. The first-order valence-electron chi connectivity index (χ1n) is 5.30. The van der Waals surface area contributed by atoms with E-state index in [1.165, 1.54) is 0 Å². The maximum Gasteiger partial charge on any atom is 0.213 e. The first-order valence-corrected chi connectivity index (χ1v) is 5.30. The first-order chi connectivity index (χ1) is 8.34. The van der Waals surface area contributed by atoms with Crippen LogP contribution in [0, 0.1) is 0 Å². The molecule has 2 aromatic rings. The molecule has 2 rings (SSSR count). The van der Waals surface area contributed by atoms with Crippen molar-refractivity contribution in [2.45, 2.75) is 0 Å². The van der Waals surface area contributed by atoms with Gasteiger partial charge in [-0.05, 0) is 30.3 Å². The van der Waals surface area contributed by atoms with E-state index in [9.17, 15) is 0 Å². The number of phenols is 1. The third-order valence-corrected chi connectivity index (χ3v) is 2.08. The van der Waals surface area contributed by atoms with Gasteiger partial charge >= 0.3 is 0 Å². The van der Waals surface area contributed by atoms with Crippen LogP contribution in [0.3, 0.4) is 0 Å². The summed E-state index contributed by atoms with van der Waals surface area (Å²) in [6.07, 6.45) is 1.68. The highest BCUT2D eigenvalue weighted by molar-refractivity contribution is 5.30. The largest absolute Gasteiger partial charge is 0.508 e. The van der Waals surface area contributed by atoms with Crippen LogP contribution in [-0.4, -0.2) is 23.3 Å². The molecule has 0 saturated heterocycles. The number of benzene rings is 1. The highest BCUT2D eigenvalue weighted by atomic mass is 16.5. The Balaban J connectivity index is 1.71. The van der Waals surface area contributed by atoms with Crippen LogP contribution in [0.5, 0.6) is 17.4 Å². The highest BCUT2D eigenvalue weighted by Crippen LogP contribution is 2.15. The van der Waals surface area contributed by atoms with Crippen molar-refractivity contribution in [3.05, 3.63) is 48.7 Å². The maximum atomic E-state index is 9.09. The lowest BCUT2D eigenvalue weighted by molar-refractivity contribution is 0.212. The van der Waals surface area contributed by atoms with Gasteiger partial charge in [0.25, 0.3) is 0 Å². The summed E-state index contributed by atoms with van der Waals surface area (Å²) in [7, 11) is 0. The number of phenolic OH excluding ortho intramolecular Hbond substituents is 1. The summed E-state index contributed by atoms with van der Waals surface area (Å²) >= 11 is 0. The van der Waals surface area contributed by atoms with Crippen molar-refractivity contribution < 1.29 is 14.6 Å². The lowest BCUT2D eigenvalue weighted by Gasteiger charge is -2.07. The number of aromatic hydroxyl groups is 1. The fourth-order valence-electron chi connectivity index (χ4n) is 1.28. The Morgan fingerprint density at radius 3 is 2.41 bits per heavy atom. The smallest absolute Gasteiger partial charge is 0.213 e. The molecule has 0 radical (unpaired) electrons. The second-order valence-electron chi connectivity index (χ2n) is 3.36. The van der Waals surface area contributed by atoms with Crippen molar-refractivity contribution in [2.75, 3.05) is 13.2 Å². The van der Waals surface area contributed by atoms with E-state index in [4.69, 9.17) is 14.6 Å². The quantitative estimate of drug-likeness (QED) is 0.802. The second kappa shape index (κ2) is 5.75. The van der Waals surface area contributed by atoms with Crippen molar-refractivity contribution in [3.63, 3.8) is 0 Å². The molecule has 0 saturated carbocycles. The minimum absolute atomic E-state index is 0.224. The Morgan fingerprint density at radius 1 is 0.941 bits per heavy atom. The van der Waals surface area contributed by atoms with Crippen LogP contribution < -0.4 is 9.47 Å². The number of hydrogen-bond acceptors (Lipinski definition) is 4. The second-order valence-corrected chi connectivity index (χ2v) is 3.36. The number of rotatable bonds is 5. The van der Waals surface area contributed by atoms with Gasteiger partial charge in [0.15, 0.2) is 0 Å². The van der Waals surface area contributed by atoms with E-state index in [1.54, 1.807) is 36.5 Å². The molecular weight excluding hydrogens is 218 g/mol. The van der Waals surface area contributed by atoms with Gasteiger partial charge in [0, 0.05) is 12.3 Å². The molecule has 1 aromatic carbocycles. The van der Waals surface area contributed by atoms with Crippen LogP contribution in [0.2, 0.25) is 0 Å². The Bertz CT molecular complexity index is 442. The topological polar surface area (TPSA) is 51.6 Å². The fraction of sp³-hybridized carbons (Fsp3) is 0.154. The van der Waals surface area contributed by atoms with E-state index in [1.807, 2.05) is 12.1 Å². The first kappa shape index (κ1) is 11.3. The maximum absolute atomic E-state index is 9.09. The Hall–Kier alpha value is -2.23. The third kappa shape index (κ3) is 3.68. The summed E-state index contributed by atoms with van der Waals surface area (Å²) in [5.41, 5.74) is 0. The van der Waals surface area contributed by atoms with E-state index in [2.05, 4.69) is 4.98 Å². The summed E-state index contributed by atoms with van der Waals surface area (Å²) in [5.74, 6) is 1.51. The molecule has 0 unspecified atom stereocenters. The van der Waals surface area contributed by atoms with Gasteiger partial charge in [0.2, 0.25) is 5.88 Å². The zero-order valence-electron chi connectivity index (χ0n) is 9.24. The number of nitrogens with zero attached hydrogens (tertiary/aromatic N) is 1. The van der Waals surface area contributed by atoms with Gasteiger partial charge in [-0.1, -0.05) is 6.07 Å². The SMILES string of the molecule is Oc1ccc(OCCOc2ccccn2)cc1. The molecule has 88 valence electrons. The van der Waals surface area contributed by atoms with Crippen LogP contribution in [0.4, 0.5) is 0 Å². The van der Waals surface area contributed by atoms with E-state index in [-0.39, 0.29) is 5.75 Å². The number of pyridine rings is 1. The standard InChI is InChI=1S/C13H13NO3/c15-11-4-6-12(7-5-11)16-9-10-17-13-3-1-2-8-14-13/h1-8,15H,9-10H2. The molecule has 0 aliphatic carbocycles. The van der Waals surface area contributed by atoms with Gasteiger partial charge in [-0.25, -0.2) is 4.98 Å². The van der Waals surface area contributed by atoms with Gasteiger partial charge in [-0.3, -0.25) is 0 Å². The molecule has 1 N–H and O–H groups in total. The third-order valence-electron chi connectivity index (χ3n) is 2.08. The van der Waals surface area contributed by atoms with Crippen LogP contribution in [0.25, 0.3) is 0 Å². The summed E-state index contributed by atoms with van der Waals surface area (Å²) in [4.78, 5) is 4.02. The van der Waals surface area contributed by atoms with Crippen LogP contribution >= 0.6 is 0 Å². The number of aromatic nitrogens is 1. The molecule has 0 aliphatic heterocycles. The number of ether oxygens (including phenoxy) is 2. The molecule has 0 atom stereocenters. The van der Waals surface area contributed by atoms with Gasteiger partial charge < -0.3 is 14.6 Å². The minimum Gasteiger partial charge on any atom is -0.508 e. The van der Waals surface area contributed by atoms with E-state index in [0.29, 0.717) is 24.8 Å². The molecule has 0 amide bonds. The zero-order valence-corrected chi connectivity index (χ0v) is 9.24. The molecule has 4 heteroatoms. The highest BCUT2D eigenvalue weighted by Gasteiger charge is 1.95. The van der Waals surface area contributed by atoms with Gasteiger partial charge in [0.1, 0.15) is 24.7 Å². The van der Waals surface area contributed by atoms with Gasteiger partial charge in [0.05, 0.1) is 0 Å². The fourth-order valence-corrected chi connectivity index (χ4v) is 1.28. The lowest BCUT2D eigenvalue weighted by Crippen LogP contribution is -2.09. The van der Waals surface area contributed by atoms with E-state index >= 15 is 0 Å². The predicted octanol–water partition coefficient (Wildman–Crippen LogP) is 2.25. The normalized spacial score (nSPS) is 9.88. The van der Waals surface area contributed by atoms with Crippen molar-refractivity contribution in [1.82, 2.24) is 4.98 Å². The molecular formula is C13H13NO3. The van der Waals surface area contributed by atoms with E-state index in [0.717, 1.165) is 0 Å². The Kier molecular flexibility index (Phi) is 3.81. The van der Waals surface area contributed by atoms with Crippen molar-refractivity contribution in [3.8, 4) is 17.4 Å². The van der Waals surface area contributed by atoms with Gasteiger partial charge in [-0.15, -0.1) is 0 Å². The summed E-state index contributed by atoms with van der Waals surface area (Å²) in [6.45, 7) is 0.860. The monoisotopic (exact) mass is 231 g/mol. The molecule has 4 nitrogen and oxygen atoms in total. The van der Waals surface area contributed by atoms with Gasteiger partial charge in [-0.2, -0.15) is 0 Å². The van der Waals surface area contributed by atoms with Crippen LogP contribution in [-0.2, 0) is 0 Å². The average Bonchev–Trinajstić information content (AvgIpc) is 2.38. The molecule has 17 heavy (non-hydrogen) atoms. The van der Waals surface area contributed by atoms with Crippen molar-refractivity contribution in [1.29, 1.82) is 0 Å². The number of hydrogen-bond donors (Lipinski definition) is 1. The van der Waals surface area contributed by atoms with Crippen molar-refractivity contribution >= 4 is 0 Å². The Morgan fingerprint density at radius 2 is 1.71 bits per heavy atom. The lowest BCUT2D eigenvalue weighted by atomic mass is 10.3. The van der Waals surface area contributed by atoms with E-state index < -0.39 is 0 Å². The van der Waals surface area contributed by atoms with Crippen LogP contribution in [0.1, 0.15) is 0 Å². The molecule has 0 fully saturated rings. The molecule has 0 aliphatic rings. The predicted molar refractivity (Wildman–Crippen MR) is 63.3 cm³/mol. The molecule has 0 bridgehead atoms. The summed E-state index contributed by atoms with van der Waals surface area (Å²) in [5, 5.41) is 9.09. The van der Waals surface area contributed by atoms with Crippen LogP contribution in [0.15, 0.2) is 48.7 Å².